The molecule has 124 valence electrons. The maximum absolute atomic E-state index is 12.6. The van der Waals surface area contributed by atoms with Gasteiger partial charge in [-0.3, -0.25) is 0 Å². The summed E-state index contributed by atoms with van der Waals surface area (Å²) in [5.74, 6) is 0.353. The van der Waals surface area contributed by atoms with Crippen molar-refractivity contribution < 1.29 is 14.3 Å². The predicted molar refractivity (Wildman–Crippen MR) is 88.3 cm³/mol. The van der Waals surface area contributed by atoms with Gasteiger partial charge >= 0.3 is 6.09 Å². The highest BCUT2D eigenvalue weighted by molar-refractivity contribution is 5.72. The SMILES string of the molecule is CC(C)(C)OC(=O)N(CC1(C=O)CC1)[C@H]1CC1c1ccccc1. The molecule has 2 aliphatic rings. The highest BCUT2D eigenvalue weighted by atomic mass is 16.6. The van der Waals surface area contributed by atoms with Crippen LogP contribution in [0.2, 0.25) is 0 Å². The molecule has 1 amide bonds. The van der Waals surface area contributed by atoms with Crippen LogP contribution in [0.5, 0.6) is 0 Å². The molecule has 0 saturated heterocycles. The van der Waals surface area contributed by atoms with Crippen molar-refractivity contribution in [2.45, 2.75) is 57.6 Å². The van der Waals surface area contributed by atoms with E-state index in [-0.39, 0.29) is 17.6 Å². The Bertz CT molecular complexity index is 586. The second-order valence-electron chi connectivity index (χ2n) is 7.91. The van der Waals surface area contributed by atoms with E-state index in [2.05, 4.69) is 12.1 Å². The monoisotopic (exact) mass is 315 g/mol. The van der Waals surface area contributed by atoms with Gasteiger partial charge in [-0.25, -0.2) is 4.79 Å². The van der Waals surface area contributed by atoms with Crippen molar-refractivity contribution in [3.8, 4) is 0 Å². The van der Waals surface area contributed by atoms with Crippen molar-refractivity contribution in [1.29, 1.82) is 0 Å². The van der Waals surface area contributed by atoms with Gasteiger partial charge < -0.3 is 14.4 Å². The van der Waals surface area contributed by atoms with Crippen molar-refractivity contribution in [2.75, 3.05) is 6.54 Å². The minimum atomic E-state index is -0.523. The maximum Gasteiger partial charge on any atom is 0.410 e. The molecule has 1 aromatic carbocycles. The van der Waals surface area contributed by atoms with Crippen LogP contribution in [0.15, 0.2) is 30.3 Å². The zero-order valence-electron chi connectivity index (χ0n) is 14.1. The van der Waals surface area contributed by atoms with Crippen LogP contribution >= 0.6 is 0 Å². The molecule has 2 saturated carbocycles. The van der Waals surface area contributed by atoms with Crippen molar-refractivity contribution in [3.63, 3.8) is 0 Å². The van der Waals surface area contributed by atoms with Crippen LogP contribution in [0.25, 0.3) is 0 Å². The molecule has 0 aromatic heterocycles. The van der Waals surface area contributed by atoms with E-state index < -0.39 is 5.60 Å². The molecule has 2 fully saturated rings. The third-order valence-electron chi connectivity index (χ3n) is 4.64. The molecule has 0 N–H and O–H groups in total. The van der Waals surface area contributed by atoms with E-state index in [0.717, 1.165) is 25.5 Å². The van der Waals surface area contributed by atoms with E-state index in [1.807, 2.05) is 39.0 Å². The van der Waals surface area contributed by atoms with E-state index in [4.69, 9.17) is 4.74 Å². The summed E-state index contributed by atoms with van der Waals surface area (Å²) < 4.78 is 5.57. The smallest absolute Gasteiger partial charge is 0.410 e. The standard InChI is InChI=1S/C19H25NO3/c1-18(2,3)23-17(22)20(12-19(13-21)9-10-19)16-11-15(16)14-7-5-4-6-8-14/h4-8,13,15-16H,9-12H2,1-3H3/t15?,16-/m0/s1. The molecule has 4 nitrogen and oxygen atoms in total. The van der Waals surface area contributed by atoms with Crippen LogP contribution in [0, 0.1) is 5.41 Å². The van der Waals surface area contributed by atoms with Gasteiger partial charge in [0.1, 0.15) is 11.9 Å². The lowest BCUT2D eigenvalue weighted by Crippen LogP contribution is -2.42. The van der Waals surface area contributed by atoms with Crippen molar-refractivity contribution in [1.82, 2.24) is 4.90 Å². The number of hydrogen-bond acceptors (Lipinski definition) is 3. The van der Waals surface area contributed by atoms with Gasteiger partial charge in [0.05, 0.1) is 0 Å². The highest BCUT2D eigenvalue weighted by Gasteiger charge is 2.52. The molecule has 0 heterocycles. The topological polar surface area (TPSA) is 46.6 Å². The normalized spacial score (nSPS) is 24.7. The maximum atomic E-state index is 12.6. The molecule has 0 radical (unpaired) electrons. The van der Waals surface area contributed by atoms with E-state index in [1.165, 1.54) is 5.56 Å². The molecule has 2 atom stereocenters. The first kappa shape index (κ1) is 16.0. The quantitative estimate of drug-likeness (QED) is 0.777. The lowest BCUT2D eigenvalue weighted by molar-refractivity contribution is -0.112. The van der Waals surface area contributed by atoms with Gasteiger partial charge in [0.25, 0.3) is 0 Å². The summed E-state index contributed by atoms with van der Waals surface area (Å²) in [6.45, 7) is 6.10. The summed E-state index contributed by atoms with van der Waals surface area (Å²) >= 11 is 0. The summed E-state index contributed by atoms with van der Waals surface area (Å²) in [4.78, 5) is 25.8. The predicted octanol–water partition coefficient (Wildman–Crippen LogP) is 3.76. The second-order valence-corrected chi connectivity index (χ2v) is 7.91. The molecule has 0 aliphatic heterocycles. The molecule has 4 heteroatoms. The molecular formula is C19H25NO3. The van der Waals surface area contributed by atoms with E-state index in [0.29, 0.717) is 12.5 Å². The molecule has 0 bridgehead atoms. The van der Waals surface area contributed by atoms with Crippen molar-refractivity contribution >= 4 is 12.4 Å². The molecule has 1 aromatic rings. The number of benzene rings is 1. The average molecular weight is 315 g/mol. The zero-order chi connectivity index (χ0) is 16.7. The Kier molecular flexibility index (Phi) is 3.95. The lowest BCUT2D eigenvalue weighted by Gasteiger charge is -2.29. The van der Waals surface area contributed by atoms with Crippen LogP contribution in [0.1, 0.15) is 51.5 Å². The van der Waals surface area contributed by atoms with Crippen molar-refractivity contribution in [2.24, 2.45) is 5.41 Å². The van der Waals surface area contributed by atoms with Crippen LogP contribution in [0.3, 0.4) is 0 Å². The third-order valence-corrected chi connectivity index (χ3v) is 4.64. The molecule has 1 unspecified atom stereocenters. The summed E-state index contributed by atoms with van der Waals surface area (Å²) in [5.41, 5.74) is 0.396. The average Bonchev–Trinajstić information content (AvgIpc) is 3.39. The number of carbonyl (C=O) groups excluding carboxylic acids is 2. The molecule has 23 heavy (non-hydrogen) atoms. The van der Waals surface area contributed by atoms with Crippen LogP contribution < -0.4 is 0 Å². The Morgan fingerprint density at radius 3 is 2.48 bits per heavy atom. The fourth-order valence-electron chi connectivity index (χ4n) is 3.04. The van der Waals surface area contributed by atoms with Gasteiger partial charge in [0, 0.05) is 23.9 Å². The number of aldehydes is 1. The van der Waals surface area contributed by atoms with Gasteiger partial charge in [-0.05, 0) is 45.6 Å². The van der Waals surface area contributed by atoms with E-state index in [9.17, 15) is 9.59 Å². The summed E-state index contributed by atoms with van der Waals surface area (Å²) in [7, 11) is 0. The first-order valence-corrected chi connectivity index (χ1v) is 8.34. The Hall–Kier alpha value is -1.84. The van der Waals surface area contributed by atoms with Gasteiger partial charge in [0.2, 0.25) is 0 Å². The number of ether oxygens (including phenoxy) is 1. The van der Waals surface area contributed by atoms with Crippen LogP contribution in [-0.2, 0) is 9.53 Å². The van der Waals surface area contributed by atoms with E-state index >= 15 is 0 Å². The summed E-state index contributed by atoms with van der Waals surface area (Å²) in [5, 5.41) is 0. The van der Waals surface area contributed by atoms with Gasteiger partial charge in [-0.15, -0.1) is 0 Å². The Labute approximate surface area is 137 Å². The minimum Gasteiger partial charge on any atom is -0.444 e. The van der Waals surface area contributed by atoms with Crippen LogP contribution in [0.4, 0.5) is 4.79 Å². The Morgan fingerprint density at radius 1 is 1.30 bits per heavy atom. The highest BCUT2D eigenvalue weighted by Crippen LogP contribution is 2.50. The molecule has 3 rings (SSSR count). The van der Waals surface area contributed by atoms with Crippen molar-refractivity contribution in [3.05, 3.63) is 35.9 Å². The Balaban J connectivity index is 1.74. The first-order valence-electron chi connectivity index (χ1n) is 8.34. The zero-order valence-corrected chi connectivity index (χ0v) is 14.1. The first-order chi connectivity index (χ1) is 10.8. The van der Waals surface area contributed by atoms with Crippen LogP contribution in [-0.4, -0.2) is 35.5 Å². The number of amides is 1. The molecular weight excluding hydrogens is 290 g/mol. The molecule has 2 aliphatic carbocycles. The summed E-state index contributed by atoms with van der Waals surface area (Å²) in [6, 6.07) is 10.4. The number of rotatable bonds is 5. The van der Waals surface area contributed by atoms with Gasteiger partial charge in [0.15, 0.2) is 0 Å². The summed E-state index contributed by atoms with van der Waals surface area (Å²) in [6.07, 6.45) is 3.41. The number of hydrogen-bond donors (Lipinski definition) is 0. The number of nitrogens with zero attached hydrogens (tertiary/aromatic N) is 1. The van der Waals surface area contributed by atoms with Gasteiger partial charge in [-0.2, -0.15) is 0 Å². The number of carbonyl (C=O) groups is 2. The second kappa shape index (κ2) is 5.66. The largest absolute Gasteiger partial charge is 0.444 e. The van der Waals surface area contributed by atoms with Gasteiger partial charge in [-0.1, -0.05) is 30.3 Å². The third kappa shape index (κ3) is 3.74. The Morgan fingerprint density at radius 2 is 1.96 bits per heavy atom. The molecule has 0 spiro atoms. The fraction of sp³-hybridized carbons (Fsp3) is 0.579. The van der Waals surface area contributed by atoms with E-state index in [1.54, 1.807) is 4.90 Å². The minimum absolute atomic E-state index is 0.143. The lowest BCUT2D eigenvalue weighted by atomic mass is 10.1. The fourth-order valence-corrected chi connectivity index (χ4v) is 3.04.